The lowest BCUT2D eigenvalue weighted by Gasteiger charge is -2.23. The Kier molecular flexibility index (Phi) is 10.3. The van der Waals surface area contributed by atoms with E-state index in [2.05, 4.69) is 10.6 Å². The molecule has 0 spiro atoms. The van der Waals surface area contributed by atoms with Gasteiger partial charge in [-0.15, -0.1) is 0 Å². The van der Waals surface area contributed by atoms with E-state index in [-0.39, 0.29) is 52.7 Å². The molecule has 0 aliphatic heterocycles. The molecule has 0 saturated carbocycles. The maximum atomic E-state index is 13.0. The Balaban J connectivity index is 2.33. The predicted octanol–water partition coefficient (Wildman–Crippen LogP) is 0.710. The van der Waals surface area contributed by atoms with E-state index in [1.54, 1.807) is 19.1 Å². The molecule has 2 rings (SSSR count). The molecule has 0 heterocycles. The first-order valence-electron chi connectivity index (χ1n) is 11.1. The highest BCUT2D eigenvalue weighted by Crippen LogP contribution is 2.26. The Morgan fingerprint density at radius 3 is 2.41 bits per heavy atom. The van der Waals surface area contributed by atoms with Crippen molar-refractivity contribution in [1.82, 2.24) is 10.6 Å². The first-order valence-corrected chi connectivity index (χ1v) is 13.0. The summed E-state index contributed by atoms with van der Waals surface area (Å²) in [7, 11) is -2.45. The van der Waals surface area contributed by atoms with Crippen LogP contribution in [0.5, 0.6) is 5.75 Å². The Bertz CT molecular complexity index is 1300. The van der Waals surface area contributed by atoms with Crippen LogP contribution in [0, 0.1) is 5.41 Å². The normalized spacial score (nSPS) is 10.9. The van der Waals surface area contributed by atoms with Crippen LogP contribution in [-0.2, 0) is 26.2 Å². The van der Waals surface area contributed by atoms with Crippen molar-refractivity contribution >= 4 is 50.9 Å². The Hall–Kier alpha value is -3.84. The van der Waals surface area contributed by atoms with Crippen LogP contribution in [0.2, 0.25) is 5.02 Å². The Labute approximate surface area is 219 Å². The summed E-state index contributed by atoms with van der Waals surface area (Å²) in [4.78, 5) is 36.1. The molecule has 3 amide bonds. The maximum Gasteiger partial charge on any atom is 0.257 e. The SMILES string of the molecule is CCCS(=O)(=O)N(CC(N)=O)c1cc(Cl)cc(C(=O)NCc2ccc(C(=N)N)cc2OCC(=O)NC)c1. The zero-order chi connectivity index (χ0) is 27.8. The van der Waals surface area contributed by atoms with Crippen molar-refractivity contribution in [3.8, 4) is 5.75 Å². The number of nitrogens with two attached hydrogens (primary N) is 2. The second-order valence-electron chi connectivity index (χ2n) is 7.87. The van der Waals surface area contributed by atoms with Crippen LogP contribution in [0.1, 0.15) is 34.8 Å². The van der Waals surface area contributed by atoms with Crippen LogP contribution in [0.15, 0.2) is 36.4 Å². The standard InChI is InChI=1S/C23H29ClN6O6S/c1-3-6-37(34,35)30(12-20(25)31)18-8-16(7-17(24)10-18)23(33)29-11-15-5-4-14(22(26)27)9-19(15)36-13-21(32)28-2/h4-5,7-10H,3,6,11-13H2,1-2H3,(H2,25,31)(H3,26,27)(H,28,32)(H,29,33). The molecule has 0 saturated heterocycles. The number of hydrogen-bond donors (Lipinski definition) is 5. The molecule has 0 aliphatic carbocycles. The number of sulfonamides is 1. The number of carbonyl (C=O) groups is 3. The molecular formula is C23H29ClN6O6S. The number of amides is 3. The molecule has 7 N–H and O–H groups in total. The Morgan fingerprint density at radius 2 is 1.81 bits per heavy atom. The lowest BCUT2D eigenvalue weighted by atomic mass is 10.1. The molecule has 2 aromatic rings. The third-order valence-electron chi connectivity index (χ3n) is 4.99. The van der Waals surface area contributed by atoms with Crippen LogP contribution in [0.4, 0.5) is 5.69 Å². The van der Waals surface area contributed by atoms with Gasteiger partial charge in [-0.1, -0.05) is 30.7 Å². The molecule has 12 nitrogen and oxygen atoms in total. The van der Waals surface area contributed by atoms with Gasteiger partial charge in [0.15, 0.2) is 6.61 Å². The Morgan fingerprint density at radius 1 is 1.11 bits per heavy atom. The third kappa shape index (κ3) is 8.36. The summed E-state index contributed by atoms with van der Waals surface area (Å²) < 4.78 is 31.8. The summed E-state index contributed by atoms with van der Waals surface area (Å²) in [6, 6.07) is 8.58. The average Bonchev–Trinajstić information content (AvgIpc) is 2.83. The van der Waals surface area contributed by atoms with Crippen molar-refractivity contribution in [1.29, 1.82) is 5.41 Å². The van der Waals surface area contributed by atoms with Crippen LogP contribution in [0.3, 0.4) is 0 Å². The van der Waals surface area contributed by atoms with Gasteiger partial charge in [0.05, 0.1) is 11.4 Å². The van der Waals surface area contributed by atoms with E-state index in [1.807, 2.05) is 0 Å². The maximum absolute atomic E-state index is 13.0. The number of nitrogens with zero attached hydrogens (tertiary/aromatic N) is 1. The van der Waals surface area contributed by atoms with Crippen molar-refractivity contribution in [2.24, 2.45) is 11.5 Å². The predicted molar refractivity (Wildman–Crippen MR) is 140 cm³/mol. The van der Waals surface area contributed by atoms with Gasteiger partial charge in [0.1, 0.15) is 18.1 Å². The van der Waals surface area contributed by atoms with Gasteiger partial charge in [0.25, 0.3) is 11.8 Å². The first-order chi connectivity index (χ1) is 17.4. The molecule has 14 heteroatoms. The van der Waals surface area contributed by atoms with Gasteiger partial charge < -0.3 is 26.8 Å². The lowest BCUT2D eigenvalue weighted by molar-refractivity contribution is -0.122. The van der Waals surface area contributed by atoms with Gasteiger partial charge in [-0.05, 0) is 30.7 Å². The molecule has 0 aliphatic rings. The molecule has 0 fully saturated rings. The zero-order valence-corrected chi connectivity index (χ0v) is 21.9. The molecule has 0 aromatic heterocycles. The molecule has 0 bridgehead atoms. The minimum absolute atomic E-state index is 0.0188. The number of ether oxygens (including phenoxy) is 1. The van der Waals surface area contributed by atoms with Gasteiger partial charge >= 0.3 is 0 Å². The molecule has 2 aromatic carbocycles. The van der Waals surface area contributed by atoms with Gasteiger partial charge in [-0.3, -0.25) is 24.1 Å². The van der Waals surface area contributed by atoms with Gasteiger partial charge in [-0.2, -0.15) is 0 Å². The van der Waals surface area contributed by atoms with E-state index >= 15 is 0 Å². The number of likely N-dealkylation sites (N-methyl/N-ethyl adjacent to an activating group) is 1. The van der Waals surface area contributed by atoms with Crippen molar-refractivity contribution in [2.45, 2.75) is 19.9 Å². The number of hydrogen-bond acceptors (Lipinski definition) is 7. The number of nitrogen functional groups attached to an aromatic ring is 1. The smallest absolute Gasteiger partial charge is 0.257 e. The largest absolute Gasteiger partial charge is 0.483 e. The number of nitrogens with one attached hydrogen (secondary N) is 3. The lowest BCUT2D eigenvalue weighted by Crippen LogP contribution is -2.40. The second kappa shape index (κ2) is 12.9. The summed E-state index contributed by atoms with van der Waals surface area (Å²) in [5, 5.41) is 12.8. The second-order valence-corrected chi connectivity index (χ2v) is 10.3. The fourth-order valence-corrected chi connectivity index (χ4v) is 4.92. The molecule has 200 valence electrons. The van der Waals surface area contributed by atoms with E-state index in [9.17, 15) is 22.8 Å². The molecule has 0 radical (unpaired) electrons. The van der Waals surface area contributed by atoms with Crippen molar-refractivity contribution in [3.05, 3.63) is 58.1 Å². The van der Waals surface area contributed by atoms with Crippen LogP contribution in [-0.4, -0.2) is 57.9 Å². The van der Waals surface area contributed by atoms with Gasteiger partial charge in [-0.25, -0.2) is 8.42 Å². The quantitative estimate of drug-likeness (QED) is 0.178. The van der Waals surface area contributed by atoms with Crippen LogP contribution >= 0.6 is 11.6 Å². The summed E-state index contributed by atoms with van der Waals surface area (Å²) in [5.41, 5.74) is 11.7. The number of benzene rings is 2. The summed E-state index contributed by atoms with van der Waals surface area (Å²) >= 11 is 6.17. The van der Waals surface area contributed by atoms with Crippen molar-refractivity contribution < 1.29 is 27.5 Å². The van der Waals surface area contributed by atoms with E-state index in [4.69, 9.17) is 33.2 Å². The fraction of sp³-hybridized carbons (Fsp3) is 0.304. The first kappa shape index (κ1) is 29.4. The summed E-state index contributed by atoms with van der Waals surface area (Å²) in [6.45, 7) is 0.726. The number of rotatable bonds is 13. The van der Waals surface area contributed by atoms with Crippen molar-refractivity contribution in [3.63, 3.8) is 0 Å². The fourth-order valence-electron chi connectivity index (χ4n) is 3.20. The average molecular weight is 553 g/mol. The summed E-state index contributed by atoms with van der Waals surface area (Å²) in [5.74, 6) is -2.04. The van der Waals surface area contributed by atoms with Gasteiger partial charge in [0, 0.05) is 35.3 Å². The number of halogens is 1. The highest BCUT2D eigenvalue weighted by molar-refractivity contribution is 7.92. The van der Waals surface area contributed by atoms with Crippen molar-refractivity contribution in [2.75, 3.05) is 30.3 Å². The number of anilines is 1. The van der Waals surface area contributed by atoms with E-state index in [0.717, 1.165) is 4.31 Å². The zero-order valence-electron chi connectivity index (χ0n) is 20.3. The minimum Gasteiger partial charge on any atom is -0.483 e. The minimum atomic E-state index is -3.90. The van der Waals surface area contributed by atoms with Crippen LogP contribution < -0.4 is 31.1 Å². The highest BCUT2D eigenvalue weighted by atomic mass is 35.5. The van der Waals surface area contributed by atoms with E-state index in [0.29, 0.717) is 17.5 Å². The third-order valence-corrected chi connectivity index (χ3v) is 7.14. The van der Waals surface area contributed by atoms with E-state index in [1.165, 1.54) is 31.3 Å². The summed E-state index contributed by atoms with van der Waals surface area (Å²) in [6.07, 6.45) is 0.304. The number of amidine groups is 1. The molecule has 0 atom stereocenters. The highest BCUT2D eigenvalue weighted by Gasteiger charge is 2.25. The molecule has 0 unspecified atom stereocenters. The van der Waals surface area contributed by atoms with Gasteiger partial charge in [0.2, 0.25) is 15.9 Å². The van der Waals surface area contributed by atoms with Crippen LogP contribution in [0.25, 0.3) is 0 Å². The molecular weight excluding hydrogens is 524 g/mol. The number of carbonyl (C=O) groups excluding carboxylic acids is 3. The monoisotopic (exact) mass is 552 g/mol. The number of primary amides is 1. The van der Waals surface area contributed by atoms with E-state index < -0.39 is 28.4 Å². The molecule has 37 heavy (non-hydrogen) atoms. The topological polar surface area (TPSA) is 198 Å².